The van der Waals surface area contributed by atoms with Gasteiger partial charge in [0.05, 0.1) is 6.42 Å². The van der Waals surface area contributed by atoms with Crippen LogP contribution in [0.3, 0.4) is 0 Å². The number of amides is 1. The van der Waals surface area contributed by atoms with Crippen molar-refractivity contribution >= 4 is 5.91 Å². The Bertz CT molecular complexity index is 737. The molecule has 1 aliphatic rings. The minimum Gasteiger partial charge on any atom is -0.356 e. The maximum atomic E-state index is 13.2. The molecule has 4 nitrogen and oxygen atoms in total. The van der Waals surface area contributed by atoms with Crippen LogP contribution in [0.5, 0.6) is 0 Å². The summed E-state index contributed by atoms with van der Waals surface area (Å²) in [5.41, 5.74) is 2.05. The van der Waals surface area contributed by atoms with Crippen LogP contribution in [0.15, 0.2) is 54.6 Å². The molecule has 1 fully saturated rings. The summed E-state index contributed by atoms with van der Waals surface area (Å²) in [6.07, 6.45) is 1.13. The van der Waals surface area contributed by atoms with Gasteiger partial charge in [0.25, 0.3) is 0 Å². The van der Waals surface area contributed by atoms with Crippen molar-refractivity contribution in [2.75, 3.05) is 39.8 Å². The van der Waals surface area contributed by atoms with Gasteiger partial charge in [-0.2, -0.15) is 0 Å². The Kier molecular flexibility index (Phi) is 6.96. The molecule has 0 bridgehead atoms. The molecule has 0 unspecified atom stereocenters. The van der Waals surface area contributed by atoms with Crippen LogP contribution in [0.2, 0.25) is 0 Å². The fourth-order valence-corrected chi connectivity index (χ4v) is 3.62. The quantitative estimate of drug-likeness (QED) is 0.763. The van der Waals surface area contributed by atoms with E-state index in [1.54, 1.807) is 12.1 Å². The summed E-state index contributed by atoms with van der Waals surface area (Å²) in [6.45, 7) is 4.72. The van der Waals surface area contributed by atoms with Crippen LogP contribution in [0.25, 0.3) is 0 Å². The first kappa shape index (κ1) is 19.5. The SMILES string of the molecule is CN1CCN(CCCNC(=O)Cc2cccc(F)c2)[C@@H](c2ccccc2)C1. The van der Waals surface area contributed by atoms with Gasteiger partial charge in [-0.15, -0.1) is 0 Å². The third kappa shape index (κ3) is 5.88. The molecule has 27 heavy (non-hydrogen) atoms. The van der Waals surface area contributed by atoms with Crippen LogP contribution in [0.4, 0.5) is 4.39 Å². The van der Waals surface area contributed by atoms with E-state index in [9.17, 15) is 9.18 Å². The molecular weight excluding hydrogens is 341 g/mol. The highest BCUT2D eigenvalue weighted by atomic mass is 19.1. The highest BCUT2D eigenvalue weighted by Crippen LogP contribution is 2.24. The fourth-order valence-electron chi connectivity index (χ4n) is 3.62. The Labute approximate surface area is 161 Å². The smallest absolute Gasteiger partial charge is 0.224 e. The van der Waals surface area contributed by atoms with Gasteiger partial charge >= 0.3 is 0 Å². The van der Waals surface area contributed by atoms with Gasteiger partial charge in [-0.25, -0.2) is 4.39 Å². The van der Waals surface area contributed by atoms with Crippen LogP contribution >= 0.6 is 0 Å². The van der Waals surface area contributed by atoms with E-state index in [-0.39, 0.29) is 18.1 Å². The molecule has 5 heteroatoms. The monoisotopic (exact) mass is 369 g/mol. The fraction of sp³-hybridized carbons (Fsp3) is 0.409. The number of hydrogen-bond donors (Lipinski definition) is 1. The van der Waals surface area contributed by atoms with E-state index in [1.165, 1.54) is 17.7 Å². The lowest BCUT2D eigenvalue weighted by molar-refractivity contribution is -0.120. The minimum absolute atomic E-state index is 0.0569. The predicted octanol–water partition coefficient (Wildman–Crippen LogP) is 2.86. The first-order valence-corrected chi connectivity index (χ1v) is 9.60. The normalized spacial score (nSPS) is 18.4. The average Bonchev–Trinajstić information content (AvgIpc) is 2.67. The van der Waals surface area contributed by atoms with Gasteiger partial charge in [-0.05, 0) is 36.7 Å². The molecule has 1 saturated heterocycles. The van der Waals surface area contributed by atoms with Crippen molar-refractivity contribution in [3.63, 3.8) is 0 Å². The van der Waals surface area contributed by atoms with E-state index in [1.807, 2.05) is 0 Å². The maximum Gasteiger partial charge on any atom is 0.224 e. The summed E-state index contributed by atoms with van der Waals surface area (Å²) >= 11 is 0. The van der Waals surface area contributed by atoms with Crippen LogP contribution < -0.4 is 5.32 Å². The second-order valence-electron chi connectivity index (χ2n) is 7.23. The molecule has 2 aromatic carbocycles. The number of benzene rings is 2. The maximum absolute atomic E-state index is 13.2. The topological polar surface area (TPSA) is 35.6 Å². The summed E-state index contributed by atoms with van der Waals surface area (Å²) in [6, 6.07) is 17.2. The number of carbonyl (C=O) groups is 1. The molecule has 2 aromatic rings. The van der Waals surface area contributed by atoms with Gasteiger partial charge in [0, 0.05) is 38.8 Å². The lowest BCUT2D eigenvalue weighted by Crippen LogP contribution is -2.47. The standard InChI is InChI=1S/C22H28FN3O/c1-25-13-14-26(21(17-25)19-8-3-2-4-9-19)12-6-11-24-22(27)16-18-7-5-10-20(23)15-18/h2-5,7-10,15,21H,6,11-14,16-17H2,1H3,(H,24,27)/t21-/m1/s1. The van der Waals surface area contributed by atoms with E-state index in [0.717, 1.165) is 32.6 Å². The number of halogens is 1. The second kappa shape index (κ2) is 9.62. The van der Waals surface area contributed by atoms with Crippen molar-refractivity contribution < 1.29 is 9.18 Å². The zero-order valence-electron chi connectivity index (χ0n) is 15.9. The average molecular weight is 369 g/mol. The lowest BCUT2D eigenvalue weighted by atomic mass is 10.0. The summed E-state index contributed by atoms with van der Waals surface area (Å²) in [4.78, 5) is 16.9. The zero-order valence-corrected chi connectivity index (χ0v) is 15.9. The van der Waals surface area contributed by atoms with Crippen molar-refractivity contribution in [2.45, 2.75) is 18.9 Å². The van der Waals surface area contributed by atoms with E-state index in [0.29, 0.717) is 18.2 Å². The Morgan fingerprint density at radius 3 is 2.74 bits per heavy atom. The van der Waals surface area contributed by atoms with Crippen molar-refractivity contribution in [1.82, 2.24) is 15.1 Å². The van der Waals surface area contributed by atoms with Crippen molar-refractivity contribution in [3.8, 4) is 0 Å². The van der Waals surface area contributed by atoms with Crippen LogP contribution in [-0.2, 0) is 11.2 Å². The van der Waals surface area contributed by atoms with Gasteiger partial charge in [0.15, 0.2) is 0 Å². The van der Waals surface area contributed by atoms with Crippen molar-refractivity contribution in [1.29, 1.82) is 0 Å². The van der Waals surface area contributed by atoms with Gasteiger partial charge in [-0.1, -0.05) is 42.5 Å². The minimum atomic E-state index is -0.303. The molecule has 0 radical (unpaired) electrons. The Hall–Kier alpha value is -2.24. The molecule has 0 saturated carbocycles. The number of nitrogens with zero attached hydrogens (tertiary/aromatic N) is 2. The van der Waals surface area contributed by atoms with E-state index in [4.69, 9.17) is 0 Å². The van der Waals surface area contributed by atoms with Crippen molar-refractivity contribution in [2.24, 2.45) is 0 Å². The van der Waals surface area contributed by atoms with Crippen LogP contribution in [0, 0.1) is 5.82 Å². The summed E-state index contributed by atoms with van der Waals surface area (Å²) in [5.74, 6) is -0.360. The number of carbonyl (C=O) groups excluding carboxylic acids is 1. The third-order valence-corrected chi connectivity index (χ3v) is 5.08. The van der Waals surface area contributed by atoms with E-state index in [2.05, 4.69) is 52.5 Å². The predicted molar refractivity (Wildman–Crippen MR) is 106 cm³/mol. The number of hydrogen-bond acceptors (Lipinski definition) is 3. The number of nitrogens with one attached hydrogen (secondary N) is 1. The third-order valence-electron chi connectivity index (χ3n) is 5.08. The van der Waals surface area contributed by atoms with Crippen LogP contribution in [0.1, 0.15) is 23.6 Å². The molecule has 3 rings (SSSR count). The molecule has 1 aliphatic heterocycles. The van der Waals surface area contributed by atoms with E-state index >= 15 is 0 Å². The Balaban J connectivity index is 1.45. The van der Waals surface area contributed by atoms with E-state index < -0.39 is 0 Å². The molecule has 1 atom stereocenters. The Morgan fingerprint density at radius 1 is 1.15 bits per heavy atom. The Morgan fingerprint density at radius 2 is 1.96 bits per heavy atom. The zero-order chi connectivity index (χ0) is 19.1. The summed E-state index contributed by atoms with van der Waals surface area (Å²) in [5, 5.41) is 2.96. The number of rotatable bonds is 7. The highest BCUT2D eigenvalue weighted by molar-refractivity contribution is 5.78. The largest absolute Gasteiger partial charge is 0.356 e. The summed E-state index contributed by atoms with van der Waals surface area (Å²) < 4.78 is 13.2. The van der Waals surface area contributed by atoms with Crippen LogP contribution in [-0.4, -0.2) is 55.5 Å². The molecule has 0 spiro atoms. The van der Waals surface area contributed by atoms with Gasteiger partial charge in [0.2, 0.25) is 5.91 Å². The molecule has 0 aromatic heterocycles. The molecular formula is C22H28FN3O. The number of likely N-dealkylation sites (N-methyl/N-ethyl adjacent to an activating group) is 1. The molecule has 0 aliphatic carbocycles. The lowest BCUT2D eigenvalue weighted by Gasteiger charge is -2.40. The van der Waals surface area contributed by atoms with Crippen molar-refractivity contribution in [3.05, 3.63) is 71.5 Å². The van der Waals surface area contributed by atoms with Gasteiger partial charge in [-0.3, -0.25) is 9.69 Å². The first-order valence-electron chi connectivity index (χ1n) is 9.60. The molecule has 1 N–H and O–H groups in total. The first-order chi connectivity index (χ1) is 13.1. The van der Waals surface area contributed by atoms with Gasteiger partial charge < -0.3 is 10.2 Å². The van der Waals surface area contributed by atoms with Gasteiger partial charge in [0.1, 0.15) is 5.82 Å². The highest BCUT2D eigenvalue weighted by Gasteiger charge is 2.25. The summed E-state index contributed by atoms with van der Waals surface area (Å²) in [7, 11) is 2.17. The molecule has 1 amide bonds. The molecule has 1 heterocycles. The second-order valence-corrected chi connectivity index (χ2v) is 7.23. The molecule has 144 valence electrons. The number of piperazine rings is 1.